The molecule has 100 valence electrons. The largest absolute Gasteiger partial charge is 0.323 e. The minimum Gasteiger partial charge on any atom is -0.323 e. The van der Waals surface area contributed by atoms with Crippen molar-refractivity contribution in [3.8, 4) is 0 Å². The van der Waals surface area contributed by atoms with Crippen LogP contribution >= 0.6 is 11.3 Å². The van der Waals surface area contributed by atoms with Crippen LogP contribution in [-0.4, -0.2) is 0 Å². The lowest BCUT2D eigenvalue weighted by atomic mass is 10.0. The number of hydrogen-bond acceptors (Lipinski definition) is 2. The maximum absolute atomic E-state index is 6.40. The van der Waals surface area contributed by atoms with Crippen molar-refractivity contribution in [2.24, 2.45) is 5.73 Å². The van der Waals surface area contributed by atoms with Crippen LogP contribution in [0.5, 0.6) is 0 Å². The Labute approximate surface area is 119 Å². The molecule has 2 N–H and O–H groups in total. The summed E-state index contributed by atoms with van der Waals surface area (Å²) in [6.45, 7) is 4.31. The lowest BCUT2D eigenvalue weighted by Crippen LogP contribution is -2.12. The van der Waals surface area contributed by atoms with Crippen molar-refractivity contribution < 1.29 is 0 Å². The monoisotopic (exact) mass is 271 g/mol. The molecule has 1 heterocycles. The average molecular weight is 271 g/mol. The number of aryl methyl sites for hydroxylation is 4. The first-order valence-electron chi connectivity index (χ1n) is 7.06. The summed E-state index contributed by atoms with van der Waals surface area (Å²) in [5.41, 5.74) is 12.0. The fraction of sp³-hybridized carbons (Fsp3) is 0.412. The molecule has 1 aromatic carbocycles. The first kappa shape index (κ1) is 12.9. The van der Waals surface area contributed by atoms with Gasteiger partial charge in [-0.3, -0.25) is 0 Å². The lowest BCUT2D eigenvalue weighted by Gasteiger charge is -2.11. The SMILES string of the molecule is Cc1cc(C)cc(CC(N)c2cc3c(s2)CCC3)c1. The minimum absolute atomic E-state index is 0.150. The quantitative estimate of drug-likeness (QED) is 0.893. The minimum atomic E-state index is 0.150. The van der Waals surface area contributed by atoms with E-state index in [0.29, 0.717) is 0 Å². The van der Waals surface area contributed by atoms with Crippen molar-refractivity contribution in [2.75, 3.05) is 0 Å². The van der Waals surface area contributed by atoms with E-state index in [1.165, 1.54) is 40.8 Å². The molecule has 0 radical (unpaired) electrons. The first-order chi connectivity index (χ1) is 9.11. The highest BCUT2D eigenvalue weighted by molar-refractivity contribution is 7.12. The molecule has 1 atom stereocenters. The Kier molecular flexibility index (Phi) is 3.46. The predicted octanol–water partition coefficient (Wildman–Crippen LogP) is 4.10. The van der Waals surface area contributed by atoms with Gasteiger partial charge >= 0.3 is 0 Å². The van der Waals surface area contributed by atoms with E-state index in [4.69, 9.17) is 5.73 Å². The van der Waals surface area contributed by atoms with Crippen LogP contribution in [-0.2, 0) is 19.3 Å². The van der Waals surface area contributed by atoms with E-state index in [2.05, 4.69) is 38.1 Å². The third-order valence-electron chi connectivity index (χ3n) is 3.87. The Hall–Kier alpha value is -1.12. The summed E-state index contributed by atoms with van der Waals surface area (Å²) in [5, 5.41) is 0. The van der Waals surface area contributed by atoms with Crippen molar-refractivity contribution >= 4 is 11.3 Å². The summed E-state index contributed by atoms with van der Waals surface area (Å²) in [5.74, 6) is 0. The molecule has 0 spiro atoms. The highest BCUT2D eigenvalue weighted by Crippen LogP contribution is 2.34. The van der Waals surface area contributed by atoms with Crippen LogP contribution in [0.2, 0.25) is 0 Å². The van der Waals surface area contributed by atoms with Crippen LogP contribution in [0.15, 0.2) is 24.3 Å². The fourth-order valence-electron chi connectivity index (χ4n) is 3.08. The molecule has 19 heavy (non-hydrogen) atoms. The van der Waals surface area contributed by atoms with E-state index in [9.17, 15) is 0 Å². The van der Waals surface area contributed by atoms with E-state index in [1.54, 1.807) is 10.4 Å². The second kappa shape index (κ2) is 5.10. The Morgan fingerprint density at radius 2 is 1.84 bits per heavy atom. The van der Waals surface area contributed by atoms with Crippen molar-refractivity contribution in [1.29, 1.82) is 0 Å². The molecule has 3 rings (SSSR count). The van der Waals surface area contributed by atoms with Crippen LogP contribution < -0.4 is 5.73 Å². The number of hydrogen-bond donors (Lipinski definition) is 1. The molecule has 2 aromatic rings. The van der Waals surface area contributed by atoms with E-state index in [0.717, 1.165) is 6.42 Å². The van der Waals surface area contributed by atoms with Gasteiger partial charge in [-0.15, -0.1) is 11.3 Å². The van der Waals surface area contributed by atoms with Gasteiger partial charge < -0.3 is 5.73 Å². The molecular weight excluding hydrogens is 250 g/mol. The summed E-state index contributed by atoms with van der Waals surface area (Å²) >= 11 is 1.93. The smallest absolute Gasteiger partial charge is 0.0430 e. The molecule has 1 unspecified atom stereocenters. The van der Waals surface area contributed by atoms with Gasteiger partial charge in [0.2, 0.25) is 0 Å². The van der Waals surface area contributed by atoms with Crippen LogP contribution in [0, 0.1) is 13.8 Å². The molecule has 0 bridgehead atoms. The lowest BCUT2D eigenvalue weighted by molar-refractivity contribution is 0.734. The zero-order valence-corrected chi connectivity index (χ0v) is 12.5. The van der Waals surface area contributed by atoms with Gasteiger partial charge in [0.25, 0.3) is 0 Å². The second-order valence-electron chi connectivity index (χ2n) is 5.76. The van der Waals surface area contributed by atoms with E-state index in [-0.39, 0.29) is 6.04 Å². The molecule has 1 aromatic heterocycles. The van der Waals surface area contributed by atoms with Crippen molar-refractivity contribution in [2.45, 2.75) is 45.6 Å². The third-order valence-corrected chi connectivity index (χ3v) is 5.24. The Bertz CT molecular complexity index is 556. The number of benzene rings is 1. The number of fused-ring (bicyclic) bond motifs is 1. The highest BCUT2D eigenvalue weighted by atomic mass is 32.1. The van der Waals surface area contributed by atoms with E-state index < -0.39 is 0 Å². The molecule has 0 aliphatic heterocycles. The number of thiophene rings is 1. The molecular formula is C17H21NS. The molecule has 0 saturated heterocycles. The first-order valence-corrected chi connectivity index (χ1v) is 7.88. The van der Waals surface area contributed by atoms with Gasteiger partial charge in [-0.05, 0) is 56.7 Å². The van der Waals surface area contributed by atoms with Crippen molar-refractivity contribution in [1.82, 2.24) is 0 Å². The van der Waals surface area contributed by atoms with Gasteiger partial charge in [0, 0.05) is 15.8 Å². The predicted molar refractivity (Wildman–Crippen MR) is 82.9 cm³/mol. The Morgan fingerprint density at radius 1 is 1.11 bits per heavy atom. The summed E-state index contributed by atoms with van der Waals surface area (Å²) < 4.78 is 0. The zero-order valence-electron chi connectivity index (χ0n) is 11.7. The van der Waals surface area contributed by atoms with Gasteiger partial charge in [0.15, 0.2) is 0 Å². The van der Waals surface area contributed by atoms with Gasteiger partial charge in [-0.25, -0.2) is 0 Å². The van der Waals surface area contributed by atoms with Gasteiger partial charge in [0.1, 0.15) is 0 Å². The average Bonchev–Trinajstić information content (AvgIpc) is 2.86. The molecule has 0 fully saturated rings. The topological polar surface area (TPSA) is 26.0 Å². The fourth-order valence-corrected chi connectivity index (χ4v) is 4.34. The third kappa shape index (κ3) is 2.75. The normalized spacial score (nSPS) is 15.5. The summed E-state index contributed by atoms with van der Waals surface area (Å²) in [6.07, 6.45) is 4.79. The molecule has 0 amide bonds. The van der Waals surface area contributed by atoms with Crippen molar-refractivity contribution in [3.63, 3.8) is 0 Å². The van der Waals surface area contributed by atoms with Crippen LogP contribution in [0.4, 0.5) is 0 Å². The zero-order chi connectivity index (χ0) is 13.4. The number of nitrogens with two attached hydrogens (primary N) is 1. The summed E-state index contributed by atoms with van der Waals surface area (Å²) in [6, 6.07) is 9.23. The molecule has 1 aliphatic rings. The van der Waals surface area contributed by atoms with Crippen LogP contribution in [0.1, 0.15) is 44.5 Å². The highest BCUT2D eigenvalue weighted by Gasteiger charge is 2.18. The van der Waals surface area contributed by atoms with Crippen LogP contribution in [0.3, 0.4) is 0 Å². The maximum atomic E-state index is 6.40. The van der Waals surface area contributed by atoms with Crippen molar-refractivity contribution in [3.05, 3.63) is 56.3 Å². The van der Waals surface area contributed by atoms with Gasteiger partial charge in [-0.2, -0.15) is 0 Å². The summed E-state index contributed by atoms with van der Waals surface area (Å²) in [7, 11) is 0. The van der Waals surface area contributed by atoms with Gasteiger partial charge in [-0.1, -0.05) is 29.3 Å². The Balaban J connectivity index is 1.78. The molecule has 0 saturated carbocycles. The van der Waals surface area contributed by atoms with E-state index in [1.807, 2.05) is 11.3 Å². The summed E-state index contributed by atoms with van der Waals surface area (Å²) in [4.78, 5) is 2.94. The van der Waals surface area contributed by atoms with E-state index >= 15 is 0 Å². The van der Waals surface area contributed by atoms with Gasteiger partial charge in [0.05, 0.1) is 0 Å². The molecule has 2 heteroatoms. The second-order valence-corrected chi connectivity index (χ2v) is 6.93. The molecule has 1 nitrogen and oxygen atoms in total. The Morgan fingerprint density at radius 3 is 2.53 bits per heavy atom. The number of rotatable bonds is 3. The maximum Gasteiger partial charge on any atom is 0.0430 e. The molecule has 1 aliphatic carbocycles. The van der Waals surface area contributed by atoms with Crippen LogP contribution in [0.25, 0.3) is 0 Å². The standard InChI is InChI=1S/C17H21NS/c1-11-6-12(2)8-13(7-11)9-15(18)17-10-14-4-3-5-16(14)19-17/h6-8,10,15H,3-5,9,18H2,1-2H3.